The standard InChI is InChI=1S/C19H19F/c1-13-6-4-7-15-10-16-11-19(3,12-20)9-5-8-17(16)14(2)18(13)15/h4-11H,12H2,1-3H3. The van der Waals surface area contributed by atoms with E-state index in [-0.39, 0.29) is 6.67 Å². The Morgan fingerprint density at radius 3 is 2.75 bits per heavy atom. The van der Waals surface area contributed by atoms with Crippen LogP contribution in [-0.4, -0.2) is 6.67 Å². The number of allylic oxidation sites excluding steroid dienone is 2. The Morgan fingerprint density at radius 1 is 1.20 bits per heavy atom. The SMILES string of the molecule is Cc1cccc2cc3c(c(C)c12)=CC=CC(C)(CF)C=3. The van der Waals surface area contributed by atoms with Gasteiger partial charge in [-0.25, -0.2) is 4.39 Å². The quantitative estimate of drug-likeness (QED) is 0.740. The Morgan fingerprint density at radius 2 is 2.00 bits per heavy atom. The lowest BCUT2D eigenvalue weighted by Gasteiger charge is -2.16. The lowest BCUT2D eigenvalue weighted by atomic mass is 9.90. The van der Waals surface area contributed by atoms with Crippen LogP contribution in [0.1, 0.15) is 18.1 Å². The van der Waals surface area contributed by atoms with Crippen molar-refractivity contribution in [3.63, 3.8) is 0 Å². The van der Waals surface area contributed by atoms with Gasteiger partial charge in [0.2, 0.25) is 0 Å². The van der Waals surface area contributed by atoms with E-state index < -0.39 is 5.41 Å². The van der Waals surface area contributed by atoms with E-state index >= 15 is 0 Å². The summed E-state index contributed by atoms with van der Waals surface area (Å²) in [6.45, 7) is 5.86. The fourth-order valence-electron chi connectivity index (χ4n) is 3.11. The Bertz CT molecular complexity index is 827. The Kier molecular flexibility index (Phi) is 3.01. The van der Waals surface area contributed by atoms with Crippen molar-refractivity contribution in [2.45, 2.75) is 20.8 Å². The largest absolute Gasteiger partial charge is 0.250 e. The van der Waals surface area contributed by atoms with Crippen LogP contribution in [0.25, 0.3) is 22.9 Å². The first-order valence-corrected chi connectivity index (χ1v) is 7.01. The minimum Gasteiger partial charge on any atom is -0.250 e. The van der Waals surface area contributed by atoms with Gasteiger partial charge in [-0.1, -0.05) is 49.4 Å². The molecule has 2 aromatic rings. The average molecular weight is 266 g/mol. The molecule has 0 aliphatic heterocycles. The Balaban J connectivity index is 2.49. The zero-order valence-electron chi connectivity index (χ0n) is 12.2. The van der Waals surface area contributed by atoms with Gasteiger partial charge in [0.25, 0.3) is 0 Å². The molecule has 1 unspecified atom stereocenters. The third-order valence-corrected chi connectivity index (χ3v) is 4.22. The molecule has 1 heteroatoms. The third-order valence-electron chi connectivity index (χ3n) is 4.22. The van der Waals surface area contributed by atoms with E-state index in [1.807, 2.05) is 19.1 Å². The summed E-state index contributed by atoms with van der Waals surface area (Å²) in [6, 6.07) is 8.54. The van der Waals surface area contributed by atoms with Gasteiger partial charge in [0.1, 0.15) is 6.67 Å². The monoisotopic (exact) mass is 266 g/mol. The Labute approximate surface area is 118 Å². The number of fused-ring (bicyclic) bond motifs is 2. The molecule has 3 rings (SSSR count). The summed E-state index contributed by atoms with van der Waals surface area (Å²) in [5, 5.41) is 4.88. The fourth-order valence-corrected chi connectivity index (χ4v) is 3.11. The highest BCUT2D eigenvalue weighted by Crippen LogP contribution is 2.23. The highest BCUT2D eigenvalue weighted by molar-refractivity contribution is 5.89. The molecule has 1 atom stereocenters. The van der Waals surface area contributed by atoms with Crippen LogP contribution in [0.2, 0.25) is 0 Å². The molecule has 0 nitrogen and oxygen atoms in total. The minimum atomic E-state index is -0.508. The molecule has 0 radical (unpaired) electrons. The smallest absolute Gasteiger partial charge is 0.102 e. The van der Waals surface area contributed by atoms with Crippen molar-refractivity contribution in [3.8, 4) is 0 Å². The van der Waals surface area contributed by atoms with Crippen LogP contribution >= 0.6 is 0 Å². The first-order chi connectivity index (χ1) is 9.54. The van der Waals surface area contributed by atoms with Crippen molar-refractivity contribution in [2.75, 3.05) is 6.67 Å². The van der Waals surface area contributed by atoms with Crippen molar-refractivity contribution >= 4 is 22.9 Å². The maximum atomic E-state index is 13.3. The molecule has 1 aliphatic carbocycles. The number of alkyl halides is 1. The van der Waals surface area contributed by atoms with Gasteiger partial charge in [-0.2, -0.15) is 0 Å². The highest BCUT2D eigenvalue weighted by atomic mass is 19.1. The van der Waals surface area contributed by atoms with Gasteiger partial charge in [-0.3, -0.25) is 0 Å². The average Bonchev–Trinajstić information content (AvgIpc) is 2.58. The molecule has 2 aromatic carbocycles. The van der Waals surface area contributed by atoms with Crippen LogP contribution in [0.3, 0.4) is 0 Å². The van der Waals surface area contributed by atoms with Gasteiger partial charge in [0.15, 0.2) is 0 Å². The van der Waals surface area contributed by atoms with E-state index in [9.17, 15) is 4.39 Å². The van der Waals surface area contributed by atoms with Crippen LogP contribution in [0.5, 0.6) is 0 Å². The normalized spacial score (nSPS) is 21.0. The minimum absolute atomic E-state index is 0.373. The Hall–Kier alpha value is -1.89. The van der Waals surface area contributed by atoms with Crippen molar-refractivity contribution in [2.24, 2.45) is 5.41 Å². The number of hydrogen-bond acceptors (Lipinski definition) is 0. The molecule has 1 aliphatic rings. The second kappa shape index (κ2) is 4.59. The van der Waals surface area contributed by atoms with E-state index in [0.717, 1.165) is 5.22 Å². The molecule has 102 valence electrons. The fraction of sp³-hybridized carbons (Fsp3) is 0.263. The summed E-state index contributed by atoms with van der Waals surface area (Å²) >= 11 is 0. The molecule has 0 saturated heterocycles. The van der Waals surface area contributed by atoms with Crippen LogP contribution < -0.4 is 10.4 Å². The van der Waals surface area contributed by atoms with E-state index in [4.69, 9.17) is 0 Å². The van der Waals surface area contributed by atoms with Crippen LogP contribution in [0.4, 0.5) is 4.39 Å². The van der Waals surface area contributed by atoms with E-state index in [1.165, 1.54) is 27.1 Å². The summed E-state index contributed by atoms with van der Waals surface area (Å²) in [5.41, 5.74) is 2.06. The highest BCUT2D eigenvalue weighted by Gasteiger charge is 2.18. The molecule has 0 spiro atoms. The second-order valence-corrected chi connectivity index (χ2v) is 5.99. The van der Waals surface area contributed by atoms with Gasteiger partial charge in [0.05, 0.1) is 0 Å². The van der Waals surface area contributed by atoms with Gasteiger partial charge in [-0.15, -0.1) is 0 Å². The summed E-state index contributed by atoms with van der Waals surface area (Å²) in [6.07, 6.45) is 8.09. The van der Waals surface area contributed by atoms with E-state index in [2.05, 4.69) is 50.3 Å². The molecular formula is C19H19F. The first kappa shape index (κ1) is 13.1. The number of halogens is 1. The molecule has 0 bridgehead atoms. The van der Waals surface area contributed by atoms with Crippen LogP contribution in [0.15, 0.2) is 36.4 Å². The van der Waals surface area contributed by atoms with Crippen molar-refractivity contribution in [3.05, 3.63) is 58.0 Å². The molecule has 0 aromatic heterocycles. The van der Waals surface area contributed by atoms with Crippen molar-refractivity contribution < 1.29 is 4.39 Å². The predicted octanol–water partition coefficient (Wildman–Crippen LogP) is 3.56. The zero-order chi connectivity index (χ0) is 14.3. The molecule has 0 saturated carbocycles. The lowest BCUT2D eigenvalue weighted by molar-refractivity contribution is 0.375. The van der Waals surface area contributed by atoms with Crippen molar-refractivity contribution in [1.29, 1.82) is 0 Å². The first-order valence-electron chi connectivity index (χ1n) is 7.01. The molecule has 20 heavy (non-hydrogen) atoms. The molecular weight excluding hydrogens is 247 g/mol. The summed E-state index contributed by atoms with van der Waals surface area (Å²) in [5.74, 6) is 0. The maximum Gasteiger partial charge on any atom is 0.102 e. The number of aryl methyl sites for hydroxylation is 2. The van der Waals surface area contributed by atoms with Crippen molar-refractivity contribution in [1.82, 2.24) is 0 Å². The summed E-state index contributed by atoms with van der Waals surface area (Å²) in [4.78, 5) is 0. The topological polar surface area (TPSA) is 0 Å². The molecule has 0 heterocycles. The third kappa shape index (κ3) is 1.98. The van der Waals surface area contributed by atoms with Gasteiger partial charge in [0, 0.05) is 5.41 Å². The predicted molar refractivity (Wildman–Crippen MR) is 84.8 cm³/mol. The van der Waals surface area contributed by atoms with E-state index in [0.29, 0.717) is 0 Å². The number of rotatable bonds is 1. The second-order valence-electron chi connectivity index (χ2n) is 5.99. The molecule has 0 amide bonds. The van der Waals surface area contributed by atoms with Gasteiger partial charge < -0.3 is 0 Å². The summed E-state index contributed by atoms with van der Waals surface area (Å²) < 4.78 is 13.3. The number of hydrogen-bond donors (Lipinski definition) is 0. The zero-order valence-corrected chi connectivity index (χ0v) is 12.2. The maximum absolute atomic E-state index is 13.3. The lowest BCUT2D eigenvalue weighted by Crippen LogP contribution is -2.29. The summed E-state index contributed by atoms with van der Waals surface area (Å²) in [7, 11) is 0. The number of benzene rings is 2. The van der Waals surface area contributed by atoms with E-state index in [1.54, 1.807) is 0 Å². The molecule has 0 N–H and O–H groups in total. The van der Waals surface area contributed by atoms with Gasteiger partial charge in [-0.05, 0) is 52.3 Å². The van der Waals surface area contributed by atoms with Gasteiger partial charge >= 0.3 is 0 Å². The molecule has 0 fully saturated rings. The van der Waals surface area contributed by atoms with Crippen LogP contribution in [-0.2, 0) is 0 Å². The van der Waals surface area contributed by atoms with Crippen LogP contribution in [0, 0.1) is 19.3 Å².